The maximum atomic E-state index is 13.3. The van der Waals surface area contributed by atoms with E-state index in [0.29, 0.717) is 6.61 Å². The standard InChI is InChI=1S/C11H14F2O2/c1-11(14,5-6-15-2)9-4-3-8(12)7-10(9)13/h3-4,7,14H,5-6H2,1-2H3. The molecule has 1 unspecified atom stereocenters. The molecule has 0 radical (unpaired) electrons. The molecule has 0 aliphatic carbocycles. The number of hydrogen-bond donors (Lipinski definition) is 1. The second-order valence-corrected chi connectivity index (χ2v) is 3.64. The molecule has 0 saturated heterocycles. The van der Waals surface area contributed by atoms with Crippen molar-refractivity contribution in [3.8, 4) is 0 Å². The zero-order valence-corrected chi connectivity index (χ0v) is 8.76. The molecule has 0 saturated carbocycles. The van der Waals surface area contributed by atoms with E-state index < -0.39 is 17.2 Å². The van der Waals surface area contributed by atoms with Gasteiger partial charge in [0.1, 0.15) is 11.6 Å². The molecule has 0 aliphatic rings. The molecule has 84 valence electrons. The minimum atomic E-state index is -1.34. The molecule has 0 aromatic heterocycles. The molecule has 1 atom stereocenters. The summed E-state index contributed by atoms with van der Waals surface area (Å²) in [6, 6.07) is 3.14. The number of halogens is 2. The number of hydrogen-bond acceptors (Lipinski definition) is 2. The molecule has 0 aliphatic heterocycles. The van der Waals surface area contributed by atoms with E-state index in [2.05, 4.69) is 0 Å². The van der Waals surface area contributed by atoms with Crippen LogP contribution in [0.4, 0.5) is 8.78 Å². The smallest absolute Gasteiger partial charge is 0.132 e. The summed E-state index contributed by atoms with van der Waals surface area (Å²) in [5.74, 6) is -1.39. The second-order valence-electron chi connectivity index (χ2n) is 3.64. The zero-order valence-electron chi connectivity index (χ0n) is 8.76. The van der Waals surface area contributed by atoms with Crippen LogP contribution in [0.3, 0.4) is 0 Å². The number of rotatable bonds is 4. The Balaban J connectivity index is 2.93. The van der Waals surface area contributed by atoms with Crippen molar-refractivity contribution in [2.75, 3.05) is 13.7 Å². The predicted octanol–water partition coefficient (Wildman–Crippen LogP) is 2.21. The van der Waals surface area contributed by atoms with Gasteiger partial charge in [-0.05, 0) is 13.0 Å². The minimum Gasteiger partial charge on any atom is -0.385 e. The number of methoxy groups -OCH3 is 1. The lowest BCUT2D eigenvalue weighted by molar-refractivity contribution is 0.0181. The highest BCUT2D eigenvalue weighted by Gasteiger charge is 2.26. The minimum absolute atomic E-state index is 0.0842. The molecule has 0 fully saturated rings. The first kappa shape index (κ1) is 12.1. The summed E-state index contributed by atoms with van der Waals surface area (Å²) in [7, 11) is 1.50. The maximum Gasteiger partial charge on any atom is 0.132 e. The topological polar surface area (TPSA) is 29.5 Å². The van der Waals surface area contributed by atoms with Gasteiger partial charge in [-0.25, -0.2) is 8.78 Å². The molecule has 4 heteroatoms. The largest absolute Gasteiger partial charge is 0.385 e. The van der Waals surface area contributed by atoms with E-state index in [0.717, 1.165) is 12.1 Å². The monoisotopic (exact) mass is 216 g/mol. The van der Waals surface area contributed by atoms with E-state index in [9.17, 15) is 13.9 Å². The van der Waals surface area contributed by atoms with Crippen LogP contribution < -0.4 is 0 Å². The van der Waals surface area contributed by atoms with Gasteiger partial charge < -0.3 is 9.84 Å². The third kappa shape index (κ3) is 2.97. The first-order valence-corrected chi connectivity index (χ1v) is 4.64. The van der Waals surface area contributed by atoms with Gasteiger partial charge in [-0.1, -0.05) is 6.07 Å². The highest BCUT2D eigenvalue weighted by atomic mass is 19.1. The van der Waals surface area contributed by atoms with Gasteiger partial charge in [0, 0.05) is 31.8 Å². The Morgan fingerprint density at radius 1 is 1.40 bits per heavy atom. The van der Waals surface area contributed by atoms with Gasteiger partial charge >= 0.3 is 0 Å². The summed E-state index contributed by atoms with van der Waals surface area (Å²) in [5.41, 5.74) is -1.26. The van der Waals surface area contributed by atoms with E-state index in [1.54, 1.807) is 0 Å². The fourth-order valence-electron chi connectivity index (χ4n) is 1.36. The van der Waals surface area contributed by atoms with Crippen molar-refractivity contribution < 1.29 is 18.6 Å². The van der Waals surface area contributed by atoms with E-state index >= 15 is 0 Å². The van der Waals surface area contributed by atoms with E-state index in [1.807, 2.05) is 0 Å². The highest BCUT2D eigenvalue weighted by molar-refractivity contribution is 5.24. The van der Waals surface area contributed by atoms with Gasteiger partial charge in [-0.2, -0.15) is 0 Å². The van der Waals surface area contributed by atoms with Crippen molar-refractivity contribution >= 4 is 0 Å². The van der Waals surface area contributed by atoms with Crippen LogP contribution in [0.5, 0.6) is 0 Å². The first-order valence-electron chi connectivity index (χ1n) is 4.64. The molecule has 0 bridgehead atoms. The summed E-state index contributed by atoms with van der Waals surface area (Å²) in [4.78, 5) is 0. The van der Waals surface area contributed by atoms with Crippen LogP contribution in [0.1, 0.15) is 18.9 Å². The normalized spacial score (nSPS) is 15.0. The average molecular weight is 216 g/mol. The van der Waals surface area contributed by atoms with Crippen molar-refractivity contribution in [3.63, 3.8) is 0 Å². The van der Waals surface area contributed by atoms with E-state index in [-0.39, 0.29) is 12.0 Å². The van der Waals surface area contributed by atoms with Gasteiger partial charge in [-0.3, -0.25) is 0 Å². The highest BCUT2D eigenvalue weighted by Crippen LogP contribution is 2.27. The molecule has 0 amide bonds. The van der Waals surface area contributed by atoms with Crippen LogP contribution >= 0.6 is 0 Å². The Bertz CT molecular complexity index is 337. The molecular weight excluding hydrogens is 202 g/mol. The summed E-state index contributed by atoms with van der Waals surface area (Å²) in [6.07, 6.45) is 0.256. The molecule has 0 heterocycles. The van der Waals surface area contributed by atoms with Gasteiger partial charge in [0.2, 0.25) is 0 Å². The first-order chi connectivity index (χ1) is 6.97. The Labute approximate surface area is 87.5 Å². The van der Waals surface area contributed by atoms with Crippen molar-refractivity contribution in [2.45, 2.75) is 18.9 Å². The van der Waals surface area contributed by atoms with Crippen LogP contribution in [0.25, 0.3) is 0 Å². The third-order valence-corrected chi connectivity index (χ3v) is 2.30. The number of ether oxygens (including phenoxy) is 1. The maximum absolute atomic E-state index is 13.3. The second kappa shape index (κ2) is 4.68. The fourth-order valence-corrected chi connectivity index (χ4v) is 1.36. The molecule has 1 aromatic carbocycles. The molecule has 2 nitrogen and oxygen atoms in total. The Hall–Kier alpha value is -1.00. The van der Waals surface area contributed by atoms with Gasteiger partial charge in [0.15, 0.2) is 0 Å². The molecule has 0 spiro atoms. The van der Waals surface area contributed by atoms with Crippen molar-refractivity contribution in [1.29, 1.82) is 0 Å². The summed E-state index contributed by atoms with van der Waals surface area (Å²) >= 11 is 0. The lowest BCUT2D eigenvalue weighted by Crippen LogP contribution is -2.24. The van der Waals surface area contributed by atoms with Crippen LogP contribution in [0, 0.1) is 11.6 Å². The van der Waals surface area contributed by atoms with Gasteiger partial charge in [0.25, 0.3) is 0 Å². The van der Waals surface area contributed by atoms with Crippen molar-refractivity contribution in [3.05, 3.63) is 35.4 Å². The van der Waals surface area contributed by atoms with Crippen LogP contribution in [-0.2, 0) is 10.3 Å². The fraction of sp³-hybridized carbons (Fsp3) is 0.455. The molecule has 1 rings (SSSR count). The van der Waals surface area contributed by atoms with Crippen LogP contribution in [-0.4, -0.2) is 18.8 Å². The Kier molecular flexibility index (Phi) is 3.77. The van der Waals surface area contributed by atoms with E-state index in [1.165, 1.54) is 20.1 Å². The van der Waals surface area contributed by atoms with Crippen molar-refractivity contribution in [1.82, 2.24) is 0 Å². The molecule has 15 heavy (non-hydrogen) atoms. The lowest BCUT2D eigenvalue weighted by Gasteiger charge is -2.23. The Morgan fingerprint density at radius 3 is 2.60 bits per heavy atom. The number of benzene rings is 1. The molecular formula is C11H14F2O2. The Morgan fingerprint density at radius 2 is 2.07 bits per heavy atom. The van der Waals surface area contributed by atoms with Gasteiger partial charge in [0.05, 0.1) is 5.60 Å². The van der Waals surface area contributed by atoms with E-state index in [4.69, 9.17) is 4.74 Å². The molecule has 1 aromatic rings. The third-order valence-electron chi connectivity index (χ3n) is 2.30. The lowest BCUT2D eigenvalue weighted by atomic mass is 9.92. The summed E-state index contributed by atoms with van der Waals surface area (Å²) in [6.45, 7) is 1.78. The molecule has 1 N–H and O–H groups in total. The van der Waals surface area contributed by atoms with Crippen LogP contribution in [0.2, 0.25) is 0 Å². The summed E-state index contributed by atoms with van der Waals surface area (Å²) in [5, 5.41) is 9.95. The quantitative estimate of drug-likeness (QED) is 0.836. The van der Waals surface area contributed by atoms with Gasteiger partial charge in [-0.15, -0.1) is 0 Å². The SMILES string of the molecule is COCCC(C)(O)c1ccc(F)cc1F. The zero-order chi connectivity index (χ0) is 11.5. The average Bonchev–Trinajstić information content (AvgIpc) is 2.14. The predicted molar refractivity (Wildman–Crippen MR) is 52.4 cm³/mol. The number of aliphatic hydroxyl groups is 1. The van der Waals surface area contributed by atoms with Crippen LogP contribution in [0.15, 0.2) is 18.2 Å². The summed E-state index contributed by atoms with van der Waals surface area (Å²) < 4.78 is 30.8. The van der Waals surface area contributed by atoms with Crippen molar-refractivity contribution in [2.24, 2.45) is 0 Å².